The van der Waals surface area contributed by atoms with Gasteiger partial charge in [-0.1, -0.05) is 30.3 Å². The van der Waals surface area contributed by atoms with Gasteiger partial charge in [0.25, 0.3) is 0 Å². The van der Waals surface area contributed by atoms with Gasteiger partial charge in [0.1, 0.15) is 6.61 Å². The second-order valence-electron chi connectivity index (χ2n) is 5.48. The number of nitrogens with one attached hydrogen (secondary N) is 1. The first kappa shape index (κ1) is 15.5. The molecule has 1 rings (SSSR count). The van der Waals surface area contributed by atoms with Crippen molar-refractivity contribution in [2.24, 2.45) is 0 Å². The monoisotopic (exact) mass is 265 g/mol. The summed E-state index contributed by atoms with van der Waals surface area (Å²) in [5.41, 5.74) is 0.756. The summed E-state index contributed by atoms with van der Waals surface area (Å²) in [6.45, 7) is 8.58. The zero-order chi connectivity index (χ0) is 14.3. The predicted molar refractivity (Wildman–Crippen MR) is 74.9 cm³/mol. The first-order valence-corrected chi connectivity index (χ1v) is 6.49. The minimum atomic E-state index is -0.423. The van der Waals surface area contributed by atoms with E-state index in [9.17, 15) is 4.79 Å². The van der Waals surface area contributed by atoms with E-state index in [1.165, 1.54) is 0 Å². The van der Waals surface area contributed by atoms with E-state index in [-0.39, 0.29) is 18.3 Å². The molecule has 1 N–H and O–H groups in total. The lowest BCUT2D eigenvalue weighted by Crippen LogP contribution is -2.36. The quantitative estimate of drug-likeness (QED) is 0.889. The molecule has 0 saturated carbocycles. The van der Waals surface area contributed by atoms with E-state index in [4.69, 9.17) is 9.47 Å². The van der Waals surface area contributed by atoms with Gasteiger partial charge in [0.05, 0.1) is 11.7 Å². The first-order chi connectivity index (χ1) is 8.87. The molecule has 4 heteroatoms. The van der Waals surface area contributed by atoms with Crippen molar-refractivity contribution in [1.82, 2.24) is 5.32 Å². The average molecular weight is 265 g/mol. The van der Waals surface area contributed by atoms with Crippen molar-refractivity contribution in [3.05, 3.63) is 35.9 Å². The van der Waals surface area contributed by atoms with Crippen molar-refractivity contribution < 1.29 is 14.3 Å². The first-order valence-electron chi connectivity index (χ1n) is 6.49. The third-order valence-corrected chi connectivity index (χ3v) is 2.30. The van der Waals surface area contributed by atoms with E-state index >= 15 is 0 Å². The van der Waals surface area contributed by atoms with Crippen molar-refractivity contribution in [1.29, 1.82) is 0 Å². The van der Waals surface area contributed by atoms with Gasteiger partial charge in [0, 0.05) is 6.54 Å². The van der Waals surface area contributed by atoms with Gasteiger partial charge in [0.2, 0.25) is 0 Å². The van der Waals surface area contributed by atoms with Crippen LogP contribution in [0.5, 0.6) is 0 Å². The minimum Gasteiger partial charge on any atom is -0.445 e. The summed E-state index contributed by atoms with van der Waals surface area (Å²) in [5.74, 6) is 0. The number of hydrogen-bond acceptors (Lipinski definition) is 3. The van der Waals surface area contributed by atoms with Gasteiger partial charge in [-0.05, 0) is 33.3 Å². The SMILES string of the molecule is C[C@H](CNC(=O)OCc1ccccc1)OC(C)(C)C. The molecule has 0 unspecified atom stereocenters. The smallest absolute Gasteiger partial charge is 0.407 e. The Morgan fingerprint density at radius 3 is 2.47 bits per heavy atom. The molecule has 1 atom stereocenters. The second-order valence-corrected chi connectivity index (χ2v) is 5.48. The van der Waals surface area contributed by atoms with Gasteiger partial charge in [-0.15, -0.1) is 0 Å². The van der Waals surface area contributed by atoms with Crippen LogP contribution in [0.15, 0.2) is 30.3 Å². The standard InChI is InChI=1S/C15H23NO3/c1-12(19-15(2,3)4)10-16-14(17)18-11-13-8-6-5-7-9-13/h5-9,12H,10-11H2,1-4H3,(H,16,17)/t12-/m1/s1. The Hall–Kier alpha value is -1.55. The van der Waals surface area contributed by atoms with Crippen molar-refractivity contribution in [3.63, 3.8) is 0 Å². The van der Waals surface area contributed by atoms with E-state index in [2.05, 4.69) is 5.32 Å². The number of amides is 1. The lowest BCUT2D eigenvalue weighted by atomic mass is 10.2. The largest absolute Gasteiger partial charge is 0.445 e. The number of alkyl carbamates (subject to hydrolysis) is 1. The summed E-state index contributed by atoms with van der Waals surface area (Å²) >= 11 is 0. The van der Waals surface area contributed by atoms with E-state index in [1.807, 2.05) is 58.0 Å². The number of rotatable bonds is 5. The van der Waals surface area contributed by atoms with Crippen LogP contribution in [-0.2, 0) is 16.1 Å². The molecule has 0 spiro atoms. The Morgan fingerprint density at radius 1 is 1.26 bits per heavy atom. The fourth-order valence-electron chi connectivity index (χ4n) is 1.65. The molecule has 0 radical (unpaired) electrons. The second kappa shape index (κ2) is 7.14. The van der Waals surface area contributed by atoms with E-state index in [0.717, 1.165) is 5.56 Å². The third-order valence-electron chi connectivity index (χ3n) is 2.30. The molecule has 1 amide bonds. The Kier molecular flexibility index (Phi) is 5.83. The summed E-state index contributed by atoms with van der Waals surface area (Å²) in [5, 5.41) is 2.69. The highest BCUT2D eigenvalue weighted by Crippen LogP contribution is 2.09. The molecule has 0 saturated heterocycles. The molecule has 4 nitrogen and oxygen atoms in total. The number of hydrogen-bond donors (Lipinski definition) is 1. The van der Waals surface area contributed by atoms with Crippen molar-refractivity contribution in [2.75, 3.05) is 6.54 Å². The van der Waals surface area contributed by atoms with Crippen LogP contribution in [0.1, 0.15) is 33.3 Å². The van der Waals surface area contributed by atoms with E-state index in [0.29, 0.717) is 6.54 Å². The molecule has 19 heavy (non-hydrogen) atoms. The Balaban J connectivity index is 2.21. The molecule has 0 aliphatic rings. The number of ether oxygens (including phenoxy) is 2. The van der Waals surface area contributed by atoms with Gasteiger partial charge in [-0.25, -0.2) is 4.79 Å². The van der Waals surface area contributed by atoms with E-state index in [1.54, 1.807) is 0 Å². The van der Waals surface area contributed by atoms with Gasteiger partial charge in [0.15, 0.2) is 0 Å². The third kappa shape index (κ3) is 7.47. The average Bonchev–Trinajstić information content (AvgIpc) is 2.33. The van der Waals surface area contributed by atoms with Crippen LogP contribution in [0.4, 0.5) is 4.79 Å². The fraction of sp³-hybridized carbons (Fsp3) is 0.533. The normalized spacial score (nSPS) is 12.8. The van der Waals surface area contributed by atoms with Crippen LogP contribution in [0, 0.1) is 0 Å². The zero-order valence-corrected chi connectivity index (χ0v) is 12.1. The molecule has 0 aliphatic carbocycles. The number of benzene rings is 1. The molecule has 1 aromatic rings. The summed E-state index contributed by atoms with van der Waals surface area (Å²) in [6, 6.07) is 9.58. The van der Waals surface area contributed by atoms with Crippen molar-refractivity contribution in [3.8, 4) is 0 Å². The van der Waals surface area contributed by atoms with Gasteiger partial charge in [-0.2, -0.15) is 0 Å². The molecular weight excluding hydrogens is 242 g/mol. The lowest BCUT2D eigenvalue weighted by Gasteiger charge is -2.25. The Bertz CT molecular complexity index is 384. The highest BCUT2D eigenvalue weighted by molar-refractivity contribution is 5.67. The van der Waals surface area contributed by atoms with E-state index < -0.39 is 6.09 Å². The van der Waals surface area contributed by atoms with Gasteiger partial charge >= 0.3 is 6.09 Å². The molecule has 0 fully saturated rings. The van der Waals surface area contributed by atoms with Gasteiger partial charge in [-0.3, -0.25) is 0 Å². The molecule has 0 heterocycles. The predicted octanol–water partition coefficient (Wildman–Crippen LogP) is 3.12. The maximum atomic E-state index is 11.5. The molecule has 0 bridgehead atoms. The molecule has 1 aromatic carbocycles. The molecule has 0 aliphatic heterocycles. The topological polar surface area (TPSA) is 47.6 Å². The maximum Gasteiger partial charge on any atom is 0.407 e. The highest BCUT2D eigenvalue weighted by Gasteiger charge is 2.15. The molecule has 106 valence electrons. The number of carbonyl (C=O) groups excluding carboxylic acids is 1. The summed E-state index contributed by atoms with van der Waals surface area (Å²) in [4.78, 5) is 11.5. The summed E-state index contributed by atoms with van der Waals surface area (Å²) in [6.07, 6.45) is -0.475. The van der Waals surface area contributed by atoms with Crippen LogP contribution in [0.25, 0.3) is 0 Å². The van der Waals surface area contributed by atoms with Crippen LogP contribution >= 0.6 is 0 Å². The summed E-state index contributed by atoms with van der Waals surface area (Å²) in [7, 11) is 0. The number of carbonyl (C=O) groups is 1. The molecular formula is C15H23NO3. The minimum absolute atomic E-state index is 0.0516. The van der Waals surface area contributed by atoms with Gasteiger partial charge < -0.3 is 14.8 Å². The highest BCUT2D eigenvalue weighted by atomic mass is 16.5. The van der Waals surface area contributed by atoms with Crippen molar-refractivity contribution in [2.45, 2.75) is 46.0 Å². The van der Waals surface area contributed by atoms with Crippen molar-refractivity contribution >= 4 is 6.09 Å². The van der Waals surface area contributed by atoms with Crippen LogP contribution in [-0.4, -0.2) is 24.3 Å². The lowest BCUT2D eigenvalue weighted by molar-refractivity contribution is -0.0497. The van der Waals surface area contributed by atoms with Crippen LogP contribution in [0.2, 0.25) is 0 Å². The zero-order valence-electron chi connectivity index (χ0n) is 12.1. The molecule has 0 aromatic heterocycles. The maximum absolute atomic E-state index is 11.5. The van der Waals surface area contributed by atoms with Crippen LogP contribution in [0.3, 0.4) is 0 Å². The van der Waals surface area contributed by atoms with Crippen LogP contribution < -0.4 is 5.32 Å². The Morgan fingerprint density at radius 2 is 1.89 bits per heavy atom. The fourth-order valence-corrected chi connectivity index (χ4v) is 1.65. The summed E-state index contributed by atoms with van der Waals surface area (Å²) < 4.78 is 10.8. The Labute approximate surface area is 115 Å².